The Bertz CT molecular complexity index is 1340. The van der Waals surface area contributed by atoms with E-state index in [4.69, 9.17) is 0 Å². The lowest BCUT2D eigenvalue weighted by Crippen LogP contribution is -2.54. The predicted octanol–water partition coefficient (Wildman–Crippen LogP) is 3.13. The van der Waals surface area contributed by atoms with Crippen molar-refractivity contribution in [1.82, 2.24) is 15.5 Å². The molecule has 1 fully saturated rings. The van der Waals surface area contributed by atoms with Gasteiger partial charge in [-0.2, -0.15) is 0 Å². The SMILES string of the molecule is O=C1CCC(N2C(=O)c3ccc(-c4cccc(CCNCCc5ccccc5)c4)cc3C2=O)C(=O)N1. The molecule has 1 saturated heterocycles. The van der Waals surface area contributed by atoms with Crippen molar-refractivity contribution in [3.8, 4) is 11.1 Å². The topological polar surface area (TPSA) is 95.6 Å². The quantitative estimate of drug-likeness (QED) is 0.381. The number of amides is 4. The lowest BCUT2D eigenvalue weighted by Gasteiger charge is -2.27. The largest absolute Gasteiger partial charge is 0.316 e. The van der Waals surface area contributed by atoms with Crippen LogP contribution in [-0.2, 0) is 22.4 Å². The average molecular weight is 482 g/mol. The summed E-state index contributed by atoms with van der Waals surface area (Å²) in [5, 5.41) is 5.71. The van der Waals surface area contributed by atoms with Crippen molar-refractivity contribution >= 4 is 23.6 Å². The molecular formula is C29H27N3O4. The van der Waals surface area contributed by atoms with Gasteiger partial charge in [0.05, 0.1) is 11.1 Å². The van der Waals surface area contributed by atoms with E-state index in [1.54, 1.807) is 12.1 Å². The maximum Gasteiger partial charge on any atom is 0.262 e. The second-order valence-corrected chi connectivity index (χ2v) is 9.14. The molecule has 2 N–H and O–H groups in total. The number of carbonyl (C=O) groups excluding carboxylic acids is 4. The van der Waals surface area contributed by atoms with Crippen LogP contribution >= 0.6 is 0 Å². The Hall–Kier alpha value is -4.10. The lowest BCUT2D eigenvalue weighted by atomic mass is 9.98. The Morgan fingerprint density at radius 2 is 1.44 bits per heavy atom. The number of nitrogens with one attached hydrogen (secondary N) is 2. The molecule has 3 aromatic rings. The molecule has 0 bridgehead atoms. The molecule has 182 valence electrons. The lowest BCUT2D eigenvalue weighted by molar-refractivity contribution is -0.136. The van der Waals surface area contributed by atoms with Crippen molar-refractivity contribution in [2.24, 2.45) is 0 Å². The van der Waals surface area contributed by atoms with Gasteiger partial charge in [-0.25, -0.2) is 0 Å². The van der Waals surface area contributed by atoms with E-state index < -0.39 is 23.8 Å². The number of hydrogen-bond acceptors (Lipinski definition) is 5. The monoisotopic (exact) mass is 481 g/mol. The number of rotatable bonds is 8. The number of carbonyl (C=O) groups is 4. The van der Waals surface area contributed by atoms with Crippen molar-refractivity contribution in [3.05, 3.63) is 95.1 Å². The van der Waals surface area contributed by atoms with Gasteiger partial charge in [-0.3, -0.25) is 29.4 Å². The third-order valence-electron chi connectivity index (χ3n) is 6.72. The third-order valence-corrected chi connectivity index (χ3v) is 6.72. The van der Waals surface area contributed by atoms with E-state index in [9.17, 15) is 19.2 Å². The predicted molar refractivity (Wildman–Crippen MR) is 135 cm³/mol. The zero-order chi connectivity index (χ0) is 25.1. The van der Waals surface area contributed by atoms with Gasteiger partial charge in [-0.05, 0) is 66.7 Å². The van der Waals surface area contributed by atoms with E-state index >= 15 is 0 Å². The Morgan fingerprint density at radius 1 is 0.750 bits per heavy atom. The normalized spacial score (nSPS) is 17.3. The van der Waals surface area contributed by atoms with Crippen molar-refractivity contribution in [2.45, 2.75) is 31.7 Å². The molecule has 0 spiro atoms. The number of nitrogens with zero attached hydrogens (tertiary/aromatic N) is 1. The van der Waals surface area contributed by atoms with Crippen molar-refractivity contribution < 1.29 is 19.2 Å². The van der Waals surface area contributed by atoms with Crippen LogP contribution in [0.15, 0.2) is 72.8 Å². The van der Waals surface area contributed by atoms with E-state index in [0.29, 0.717) is 0 Å². The summed E-state index contributed by atoms with van der Waals surface area (Å²) in [4.78, 5) is 50.8. The molecule has 1 unspecified atom stereocenters. The molecule has 2 aliphatic heterocycles. The molecule has 2 aliphatic rings. The number of imide groups is 2. The first kappa shape index (κ1) is 23.6. The highest BCUT2D eigenvalue weighted by molar-refractivity contribution is 6.23. The number of fused-ring (bicyclic) bond motifs is 1. The summed E-state index contributed by atoms with van der Waals surface area (Å²) < 4.78 is 0. The molecule has 0 aromatic heterocycles. The minimum atomic E-state index is -0.962. The maximum absolute atomic E-state index is 13.1. The molecule has 0 radical (unpaired) electrons. The van der Waals surface area contributed by atoms with Crippen LogP contribution in [0.4, 0.5) is 0 Å². The Morgan fingerprint density at radius 3 is 2.22 bits per heavy atom. The molecule has 36 heavy (non-hydrogen) atoms. The standard InChI is InChI=1S/C29H27N3O4/c33-26-12-11-25(27(34)31-26)32-28(35)23-10-9-22(18-24(23)29(32)36)21-8-4-7-20(17-21)14-16-30-15-13-19-5-2-1-3-6-19/h1-10,17-18,25,30H,11-16H2,(H,31,33,34). The van der Waals surface area contributed by atoms with Gasteiger partial charge in [-0.15, -0.1) is 0 Å². The highest BCUT2D eigenvalue weighted by Gasteiger charge is 2.44. The fraction of sp³-hybridized carbons (Fsp3) is 0.241. The summed E-state index contributed by atoms with van der Waals surface area (Å²) in [6.07, 6.45) is 2.10. The van der Waals surface area contributed by atoms with E-state index in [1.165, 1.54) is 11.1 Å². The summed E-state index contributed by atoms with van der Waals surface area (Å²) in [5.74, 6) is -1.98. The number of benzene rings is 3. The molecule has 2 heterocycles. The first-order chi connectivity index (χ1) is 17.5. The van der Waals surface area contributed by atoms with Crippen LogP contribution in [-0.4, -0.2) is 47.7 Å². The van der Waals surface area contributed by atoms with Gasteiger partial charge in [0.25, 0.3) is 11.8 Å². The van der Waals surface area contributed by atoms with Crippen LogP contribution in [0.1, 0.15) is 44.7 Å². The summed E-state index contributed by atoms with van der Waals surface area (Å²) in [5.41, 5.74) is 4.85. The van der Waals surface area contributed by atoms with Gasteiger partial charge in [0.1, 0.15) is 6.04 Å². The maximum atomic E-state index is 13.1. The van der Waals surface area contributed by atoms with Crippen molar-refractivity contribution in [1.29, 1.82) is 0 Å². The van der Waals surface area contributed by atoms with Crippen LogP contribution < -0.4 is 10.6 Å². The average Bonchev–Trinajstić information content (AvgIpc) is 3.14. The molecule has 0 aliphatic carbocycles. The van der Waals surface area contributed by atoms with Gasteiger partial charge in [0, 0.05) is 6.42 Å². The molecule has 5 rings (SSSR count). The summed E-state index contributed by atoms with van der Waals surface area (Å²) in [7, 11) is 0. The van der Waals surface area contributed by atoms with Gasteiger partial charge in [-0.1, -0.05) is 60.7 Å². The molecule has 7 nitrogen and oxygen atoms in total. The van der Waals surface area contributed by atoms with Crippen molar-refractivity contribution in [3.63, 3.8) is 0 Å². The van der Waals surface area contributed by atoms with Gasteiger partial charge in [0.2, 0.25) is 11.8 Å². The summed E-state index contributed by atoms with van der Waals surface area (Å²) >= 11 is 0. The second-order valence-electron chi connectivity index (χ2n) is 9.14. The summed E-state index contributed by atoms with van der Waals surface area (Å²) in [6.45, 7) is 1.77. The Balaban J connectivity index is 1.25. The zero-order valence-electron chi connectivity index (χ0n) is 19.8. The smallest absolute Gasteiger partial charge is 0.262 e. The highest BCUT2D eigenvalue weighted by atomic mass is 16.2. The van der Waals surface area contributed by atoms with E-state index in [0.717, 1.165) is 42.0 Å². The zero-order valence-corrected chi connectivity index (χ0v) is 19.8. The van der Waals surface area contributed by atoms with E-state index in [2.05, 4.69) is 47.0 Å². The molecular weight excluding hydrogens is 454 g/mol. The van der Waals surface area contributed by atoms with E-state index in [-0.39, 0.29) is 29.9 Å². The van der Waals surface area contributed by atoms with Crippen LogP contribution in [0.25, 0.3) is 11.1 Å². The van der Waals surface area contributed by atoms with Gasteiger partial charge in [0.15, 0.2) is 0 Å². The van der Waals surface area contributed by atoms with Crippen LogP contribution in [0.2, 0.25) is 0 Å². The van der Waals surface area contributed by atoms with Crippen LogP contribution in [0.5, 0.6) is 0 Å². The van der Waals surface area contributed by atoms with Crippen LogP contribution in [0.3, 0.4) is 0 Å². The second kappa shape index (κ2) is 10.3. The fourth-order valence-electron chi connectivity index (χ4n) is 4.79. The molecule has 4 amide bonds. The number of piperidine rings is 1. The van der Waals surface area contributed by atoms with Gasteiger partial charge >= 0.3 is 0 Å². The number of hydrogen-bond donors (Lipinski definition) is 2. The van der Waals surface area contributed by atoms with Crippen LogP contribution in [0, 0.1) is 0 Å². The molecule has 7 heteroatoms. The molecule has 3 aromatic carbocycles. The summed E-state index contributed by atoms with van der Waals surface area (Å²) in [6, 6.07) is 22.8. The molecule has 0 saturated carbocycles. The first-order valence-electron chi connectivity index (χ1n) is 12.2. The highest BCUT2D eigenvalue weighted by Crippen LogP contribution is 2.31. The molecule has 1 atom stereocenters. The Labute approximate surface area is 209 Å². The Kier molecular flexibility index (Phi) is 6.73. The van der Waals surface area contributed by atoms with Crippen molar-refractivity contribution in [2.75, 3.05) is 13.1 Å². The first-order valence-corrected chi connectivity index (χ1v) is 12.2. The minimum absolute atomic E-state index is 0.100. The minimum Gasteiger partial charge on any atom is -0.316 e. The fourth-order valence-corrected chi connectivity index (χ4v) is 4.79. The van der Waals surface area contributed by atoms with E-state index in [1.807, 2.05) is 24.3 Å². The van der Waals surface area contributed by atoms with Gasteiger partial charge < -0.3 is 5.32 Å². The third kappa shape index (κ3) is 4.83.